The Bertz CT molecular complexity index is 1170. The van der Waals surface area contributed by atoms with E-state index < -0.39 is 11.5 Å². The smallest absolute Gasteiger partial charge is 0.344 e. The molecule has 0 radical (unpaired) electrons. The standard InChI is InChI=1S/C19H10Cl2N2O3/c20-11-5-3-6-12(21)15(11)14-10(8-22)18(23)26-17-9-4-1-2-7-13(9)25-19(24)16(14)17/h1-7,14H,23H2/t14-/m0/s1. The topological polar surface area (TPSA) is 89.3 Å². The number of halogens is 2. The van der Waals surface area contributed by atoms with Gasteiger partial charge in [-0.2, -0.15) is 5.26 Å². The lowest BCUT2D eigenvalue weighted by molar-refractivity contribution is 0.388. The maximum absolute atomic E-state index is 12.7. The van der Waals surface area contributed by atoms with E-state index in [1.54, 1.807) is 42.5 Å². The second kappa shape index (κ2) is 6.10. The lowest BCUT2D eigenvalue weighted by Gasteiger charge is -2.27. The maximum Gasteiger partial charge on any atom is 0.344 e. The van der Waals surface area contributed by atoms with E-state index in [0.717, 1.165) is 0 Å². The Morgan fingerprint density at radius 1 is 1.04 bits per heavy atom. The summed E-state index contributed by atoms with van der Waals surface area (Å²) in [5.74, 6) is -0.739. The SMILES string of the molecule is N#CC1=C(N)Oc2c(c(=O)oc3ccccc23)[C@@H]1c1c(Cl)cccc1Cl. The molecule has 0 fully saturated rings. The first kappa shape index (κ1) is 16.5. The van der Waals surface area contributed by atoms with Gasteiger partial charge >= 0.3 is 5.63 Å². The highest BCUT2D eigenvalue weighted by atomic mass is 35.5. The quantitative estimate of drug-likeness (QED) is 0.631. The summed E-state index contributed by atoms with van der Waals surface area (Å²) in [5.41, 5.74) is 6.30. The van der Waals surface area contributed by atoms with Crippen LogP contribution < -0.4 is 16.1 Å². The zero-order valence-corrected chi connectivity index (χ0v) is 14.6. The van der Waals surface area contributed by atoms with Crippen LogP contribution in [0.5, 0.6) is 5.75 Å². The molecule has 4 rings (SSSR count). The van der Waals surface area contributed by atoms with Gasteiger partial charge in [0.1, 0.15) is 17.2 Å². The number of benzene rings is 2. The molecule has 2 N–H and O–H groups in total. The highest BCUT2D eigenvalue weighted by Gasteiger charge is 2.37. The largest absolute Gasteiger partial charge is 0.439 e. The average molecular weight is 385 g/mol. The van der Waals surface area contributed by atoms with Crippen LogP contribution in [-0.4, -0.2) is 0 Å². The molecule has 5 nitrogen and oxygen atoms in total. The second-order valence-electron chi connectivity index (χ2n) is 5.69. The van der Waals surface area contributed by atoms with E-state index in [9.17, 15) is 10.1 Å². The molecule has 2 heterocycles. The van der Waals surface area contributed by atoms with Crippen LogP contribution in [-0.2, 0) is 0 Å². The third-order valence-corrected chi connectivity index (χ3v) is 4.92. The van der Waals surface area contributed by atoms with Gasteiger partial charge in [-0.15, -0.1) is 0 Å². The van der Waals surface area contributed by atoms with Gasteiger partial charge in [0, 0.05) is 15.6 Å². The Morgan fingerprint density at radius 3 is 2.42 bits per heavy atom. The summed E-state index contributed by atoms with van der Waals surface area (Å²) in [6.07, 6.45) is 0. The average Bonchev–Trinajstić information content (AvgIpc) is 2.61. The Kier molecular flexibility index (Phi) is 3.87. The van der Waals surface area contributed by atoms with Gasteiger partial charge < -0.3 is 14.9 Å². The van der Waals surface area contributed by atoms with Crippen LogP contribution in [0.15, 0.2) is 63.1 Å². The predicted octanol–water partition coefficient (Wildman–Crippen LogP) is 4.32. The van der Waals surface area contributed by atoms with Gasteiger partial charge in [-0.05, 0) is 24.3 Å². The van der Waals surface area contributed by atoms with Crippen LogP contribution in [0, 0.1) is 11.3 Å². The number of nitrogens with zero attached hydrogens (tertiary/aromatic N) is 1. The first-order valence-corrected chi connectivity index (χ1v) is 8.35. The number of fused-ring (bicyclic) bond motifs is 3. The fourth-order valence-corrected chi connectivity index (χ4v) is 3.76. The fourth-order valence-electron chi connectivity index (χ4n) is 3.14. The van der Waals surface area contributed by atoms with E-state index in [4.69, 9.17) is 38.1 Å². The summed E-state index contributed by atoms with van der Waals surface area (Å²) in [6.45, 7) is 0. The molecule has 1 aliphatic heterocycles. The Hall–Kier alpha value is -2.94. The molecule has 0 amide bonds. The van der Waals surface area contributed by atoms with Crippen molar-refractivity contribution in [1.82, 2.24) is 0 Å². The third kappa shape index (κ3) is 2.35. The molecule has 1 atom stereocenters. The molecule has 1 aliphatic rings. The van der Waals surface area contributed by atoms with Crippen molar-refractivity contribution in [1.29, 1.82) is 5.26 Å². The fraction of sp³-hybridized carbons (Fsp3) is 0.0526. The van der Waals surface area contributed by atoms with E-state index in [1.807, 2.05) is 6.07 Å². The van der Waals surface area contributed by atoms with Crippen molar-refractivity contribution in [3.63, 3.8) is 0 Å². The van der Waals surface area contributed by atoms with Gasteiger partial charge in [0.25, 0.3) is 0 Å². The van der Waals surface area contributed by atoms with E-state index in [2.05, 4.69) is 0 Å². The lowest BCUT2D eigenvalue weighted by Crippen LogP contribution is -2.26. The number of hydrogen-bond acceptors (Lipinski definition) is 5. The van der Waals surface area contributed by atoms with Crippen LogP contribution in [0.2, 0.25) is 10.0 Å². The van der Waals surface area contributed by atoms with Gasteiger partial charge in [-0.25, -0.2) is 4.79 Å². The van der Waals surface area contributed by atoms with Crippen LogP contribution >= 0.6 is 23.2 Å². The van der Waals surface area contributed by atoms with Gasteiger partial charge in [0.2, 0.25) is 5.88 Å². The van der Waals surface area contributed by atoms with E-state index in [0.29, 0.717) is 26.6 Å². The monoisotopic (exact) mass is 384 g/mol. The summed E-state index contributed by atoms with van der Waals surface area (Å²) in [6, 6.07) is 13.9. The summed E-state index contributed by atoms with van der Waals surface area (Å²) in [7, 11) is 0. The van der Waals surface area contributed by atoms with Crippen LogP contribution in [0.4, 0.5) is 0 Å². The molecule has 0 bridgehead atoms. The molecule has 0 aliphatic carbocycles. The first-order valence-electron chi connectivity index (χ1n) is 7.60. The van der Waals surface area contributed by atoms with E-state index >= 15 is 0 Å². The van der Waals surface area contributed by atoms with Crippen molar-refractivity contribution < 1.29 is 9.15 Å². The zero-order chi connectivity index (χ0) is 18.4. The zero-order valence-electron chi connectivity index (χ0n) is 13.1. The number of ether oxygens (including phenoxy) is 1. The number of para-hydroxylation sites is 1. The minimum absolute atomic E-state index is 0.0510. The molecule has 0 unspecified atom stereocenters. The Balaban J connectivity index is 2.15. The van der Waals surface area contributed by atoms with Gasteiger partial charge in [0.05, 0.1) is 16.9 Å². The maximum atomic E-state index is 12.7. The molecular formula is C19H10Cl2N2O3. The van der Waals surface area contributed by atoms with E-state index in [1.165, 1.54) is 0 Å². The molecular weight excluding hydrogens is 375 g/mol. The number of allylic oxidation sites excluding steroid dienone is 1. The van der Waals surface area contributed by atoms with Crippen molar-refractivity contribution in [2.75, 3.05) is 0 Å². The van der Waals surface area contributed by atoms with Crippen LogP contribution in [0.3, 0.4) is 0 Å². The van der Waals surface area contributed by atoms with Gasteiger partial charge in [-0.3, -0.25) is 0 Å². The van der Waals surface area contributed by atoms with Crippen LogP contribution in [0.25, 0.3) is 11.0 Å². The first-order chi connectivity index (χ1) is 12.5. The van der Waals surface area contributed by atoms with Gasteiger partial charge in [0.15, 0.2) is 5.75 Å². The molecule has 1 aromatic heterocycles. The van der Waals surface area contributed by atoms with Crippen molar-refractivity contribution in [2.24, 2.45) is 5.73 Å². The Labute approximate surface area is 157 Å². The highest BCUT2D eigenvalue weighted by molar-refractivity contribution is 6.36. The van der Waals surface area contributed by atoms with Crippen molar-refractivity contribution >= 4 is 34.2 Å². The molecule has 26 heavy (non-hydrogen) atoms. The summed E-state index contributed by atoms with van der Waals surface area (Å²) in [5, 5.41) is 10.8. The molecule has 7 heteroatoms. The number of nitriles is 1. The minimum atomic E-state index is -0.884. The normalized spacial score (nSPS) is 16.1. The summed E-state index contributed by atoms with van der Waals surface area (Å²) < 4.78 is 11.1. The van der Waals surface area contributed by atoms with E-state index in [-0.39, 0.29) is 22.8 Å². The second-order valence-corrected chi connectivity index (χ2v) is 6.50. The molecule has 0 saturated carbocycles. The molecule has 128 valence electrons. The Morgan fingerprint density at radius 2 is 1.73 bits per heavy atom. The molecule has 0 saturated heterocycles. The predicted molar refractivity (Wildman–Crippen MR) is 98.2 cm³/mol. The van der Waals surface area contributed by atoms with Crippen molar-refractivity contribution in [2.45, 2.75) is 5.92 Å². The number of nitrogens with two attached hydrogens (primary N) is 1. The number of rotatable bonds is 1. The van der Waals surface area contributed by atoms with Crippen molar-refractivity contribution in [3.05, 3.63) is 85.5 Å². The van der Waals surface area contributed by atoms with Crippen molar-refractivity contribution in [3.8, 4) is 11.8 Å². The minimum Gasteiger partial charge on any atom is -0.439 e. The third-order valence-electron chi connectivity index (χ3n) is 4.26. The summed E-state index contributed by atoms with van der Waals surface area (Å²) >= 11 is 12.7. The molecule has 0 spiro atoms. The molecule has 2 aromatic carbocycles. The van der Waals surface area contributed by atoms with Gasteiger partial charge in [-0.1, -0.05) is 41.4 Å². The molecule has 3 aromatic rings. The van der Waals surface area contributed by atoms with Crippen LogP contribution in [0.1, 0.15) is 17.0 Å². The highest BCUT2D eigenvalue weighted by Crippen LogP contribution is 2.47. The number of hydrogen-bond donors (Lipinski definition) is 1. The lowest BCUT2D eigenvalue weighted by atomic mass is 9.83. The summed E-state index contributed by atoms with van der Waals surface area (Å²) in [4.78, 5) is 12.7.